The minimum atomic E-state index is -0.875. The van der Waals surface area contributed by atoms with E-state index in [1.165, 1.54) is 11.0 Å². The van der Waals surface area contributed by atoms with Gasteiger partial charge in [0.15, 0.2) is 0 Å². The monoisotopic (exact) mass is 298 g/mol. The first-order chi connectivity index (χ1) is 9.29. The molecule has 1 atom stereocenters. The number of hydrogen-bond donors (Lipinski definition) is 1. The number of pyridine rings is 1. The van der Waals surface area contributed by atoms with E-state index in [9.17, 15) is 9.59 Å². The number of carbonyl (C=O) groups is 1. The largest absolute Gasteiger partial charge is 0.465 e. The Hall–Kier alpha value is -1.49. The standard InChI is InChI=1S/C14H19ClN2O3/c1-14(2)9-17(13(19)20)5-3-10(14)8-16-6-4-11(15)7-12(16)18/h4,6-7,10H,3,5,8-9H2,1-2H3,(H,19,20)/t10-/m0/s1. The number of nitrogens with zero attached hydrogens (tertiary/aromatic N) is 2. The summed E-state index contributed by atoms with van der Waals surface area (Å²) in [5, 5.41) is 9.51. The fourth-order valence-corrected chi connectivity index (χ4v) is 2.93. The van der Waals surface area contributed by atoms with Crippen molar-refractivity contribution in [3.8, 4) is 0 Å². The van der Waals surface area contributed by atoms with Gasteiger partial charge < -0.3 is 14.6 Å². The van der Waals surface area contributed by atoms with Crippen molar-refractivity contribution in [2.24, 2.45) is 11.3 Å². The van der Waals surface area contributed by atoms with Gasteiger partial charge in [0.1, 0.15) is 0 Å². The van der Waals surface area contributed by atoms with E-state index in [-0.39, 0.29) is 16.9 Å². The molecule has 1 fully saturated rings. The molecule has 0 aliphatic carbocycles. The number of likely N-dealkylation sites (tertiary alicyclic amines) is 1. The van der Waals surface area contributed by atoms with E-state index in [0.717, 1.165) is 6.42 Å². The van der Waals surface area contributed by atoms with E-state index in [1.54, 1.807) is 16.8 Å². The zero-order chi connectivity index (χ0) is 14.9. The van der Waals surface area contributed by atoms with Crippen LogP contribution >= 0.6 is 11.6 Å². The Kier molecular flexibility index (Phi) is 4.09. The van der Waals surface area contributed by atoms with Gasteiger partial charge in [0.2, 0.25) is 0 Å². The van der Waals surface area contributed by atoms with Gasteiger partial charge in [0.05, 0.1) is 0 Å². The van der Waals surface area contributed by atoms with Crippen LogP contribution in [0.3, 0.4) is 0 Å². The molecule has 0 aromatic carbocycles. The number of aromatic nitrogens is 1. The SMILES string of the molecule is CC1(C)CN(C(=O)O)CC[C@H]1Cn1ccc(Cl)cc1=O. The Labute approximate surface area is 122 Å². The number of carboxylic acid groups (broad SMARTS) is 1. The van der Waals surface area contributed by atoms with Gasteiger partial charge in [-0.25, -0.2) is 4.79 Å². The van der Waals surface area contributed by atoms with E-state index in [4.69, 9.17) is 16.7 Å². The molecule has 1 saturated heterocycles. The van der Waals surface area contributed by atoms with E-state index in [1.807, 2.05) is 13.8 Å². The number of piperidine rings is 1. The van der Waals surface area contributed by atoms with Crippen LogP contribution in [0.4, 0.5) is 4.79 Å². The molecule has 2 heterocycles. The van der Waals surface area contributed by atoms with Gasteiger partial charge in [-0.1, -0.05) is 25.4 Å². The summed E-state index contributed by atoms with van der Waals surface area (Å²) in [5.41, 5.74) is -0.274. The van der Waals surface area contributed by atoms with E-state index < -0.39 is 6.09 Å². The topological polar surface area (TPSA) is 62.5 Å². The molecule has 0 saturated carbocycles. The maximum atomic E-state index is 11.9. The smallest absolute Gasteiger partial charge is 0.407 e. The second kappa shape index (κ2) is 5.48. The van der Waals surface area contributed by atoms with Gasteiger partial charge in [-0.2, -0.15) is 0 Å². The molecule has 6 heteroatoms. The van der Waals surface area contributed by atoms with E-state index in [0.29, 0.717) is 24.7 Å². The summed E-state index contributed by atoms with van der Waals surface area (Å²) in [6.07, 6.45) is 1.58. The Morgan fingerprint density at radius 3 is 2.80 bits per heavy atom. The molecule has 1 amide bonds. The second-order valence-electron chi connectivity index (χ2n) is 6.01. The molecule has 110 valence electrons. The first-order valence-corrected chi connectivity index (χ1v) is 7.01. The molecule has 1 aromatic heterocycles. The molecule has 2 rings (SSSR count). The minimum Gasteiger partial charge on any atom is -0.465 e. The molecule has 0 spiro atoms. The van der Waals surface area contributed by atoms with Crippen molar-refractivity contribution in [2.75, 3.05) is 13.1 Å². The lowest BCUT2D eigenvalue weighted by atomic mass is 9.74. The predicted molar refractivity (Wildman–Crippen MR) is 77.2 cm³/mol. The molecule has 1 aromatic rings. The normalized spacial score (nSPS) is 21.8. The van der Waals surface area contributed by atoms with Gasteiger partial charge >= 0.3 is 6.09 Å². The van der Waals surface area contributed by atoms with Gasteiger partial charge in [-0.05, 0) is 23.8 Å². The molecule has 5 nitrogen and oxygen atoms in total. The number of amides is 1. The van der Waals surface area contributed by atoms with E-state index >= 15 is 0 Å². The van der Waals surface area contributed by atoms with Crippen molar-refractivity contribution in [1.82, 2.24) is 9.47 Å². The zero-order valence-corrected chi connectivity index (χ0v) is 12.4. The molecule has 20 heavy (non-hydrogen) atoms. The third-order valence-corrected chi connectivity index (χ3v) is 4.33. The Morgan fingerprint density at radius 2 is 2.25 bits per heavy atom. The molecule has 1 aliphatic rings. The van der Waals surface area contributed by atoms with Crippen LogP contribution in [0.1, 0.15) is 20.3 Å². The summed E-state index contributed by atoms with van der Waals surface area (Å²) in [4.78, 5) is 24.4. The Bertz CT molecular complexity index is 568. The number of rotatable bonds is 2. The molecule has 1 aliphatic heterocycles. The highest BCUT2D eigenvalue weighted by atomic mass is 35.5. The second-order valence-corrected chi connectivity index (χ2v) is 6.45. The summed E-state index contributed by atoms with van der Waals surface area (Å²) in [7, 11) is 0. The van der Waals surface area contributed by atoms with Gasteiger partial charge in [0, 0.05) is 36.9 Å². The zero-order valence-electron chi connectivity index (χ0n) is 11.7. The third kappa shape index (κ3) is 3.15. The maximum Gasteiger partial charge on any atom is 0.407 e. The molecular formula is C14H19ClN2O3. The van der Waals surface area contributed by atoms with Crippen LogP contribution in [0.2, 0.25) is 5.02 Å². The van der Waals surface area contributed by atoms with Crippen LogP contribution in [0.25, 0.3) is 0 Å². The Balaban J connectivity index is 2.14. The van der Waals surface area contributed by atoms with Crippen molar-refractivity contribution >= 4 is 17.7 Å². The summed E-state index contributed by atoms with van der Waals surface area (Å²) in [6, 6.07) is 3.10. The molecular weight excluding hydrogens is 280 g/mol. The van der Waals surface area contributed by atoms with Crippen molar-refractivity contribution < 1.29 is 9.90 Å². The van der Waals surface area contributed by atoms with Crippen LogP contribution in [-0.2, 0) is 6.54 Å². The lowest BCUT2D eigenvalue weighted by molar-refractivity contribution is 0.0454. The van der Waals surface area contributed by atoms with Gasteiger partial charge in [0.25, 0.3) is 5.56 Å². The van der Waals surface area contributed by atoms with Gasteiger partial charge in [-0.15, -0.1) is 0 Å². The molecule has 0 radical (unpaired) electrons. The first-order valence-electron chi connectivity index (χ1n) is 6.63. The fraction of sp³-hybridized carbons (Fsp3) is 0.571. The van der Waals surface area contributed by atoms with E-state index in [2.05, 4.69) is 0 Å². The van der Waals surface area contributed by atoms with Crippen LogP contribution in [0.15, 0.2) is 23.1 Å². The van der Waals surface area contributed by atoms with Crippen molar-refractivity contribution in [2.45, 2.75) is 26.8 Å². The van der Waals surface area contributed by atoms with Crippen molar-refractivity contribution in [3.05, 3.63) is 33.7 Å². The average Bonchev–Trinajstić information content (AvgIpc) is 2.33. The van der Waals surface area contributed by atoms with Gasteiger partial charge in [-0.3, -0.25) is 4.79 Å². The van der Waals surface area contributed by atoms with Crippen LogP contribution in [-0.4, -0.2) is 33.8 Å². The molecule has 1 N–H and O–H groups in total. The maximum absolute atomic E-state index is 11.9. The number of halogens is 1. The third-order valence-electron chi connectivity index (χ3n) is 4.10. The highest BCUT2D eigenvalue weighted by molar-refractivity contribution is 6.30. The summed E-state index contributed by atoms with van der Waals surface area (Å²) < 4.78 is 1.65. The first kappa shape index (κ1) is 14.9. The Morgan fingerprint density at radius 1 is 1.55 bits per heavy atom. The van der Waals surface area contributed by atoms with Crippen molar-refractivity contribution in [3.63, 3.8) is 0 Å². The minimum absolute atomic E-state index is 0.117. The highest BCUT2D eigenvalue weighted by Crippen LogP contribution is 2.35. The lowest BCUT2D eigenvalue weighted by Gasteiger charge is -2.43. The highest BCUT2D eigenvalue weighted by Gasteiger charge is 2.37. The predicted octanol–water partition coefficient (Wildman–Crippen LogP) is 2.53. The lowest BCUT2D eigenvalue weighted by Crippen LogP contribution is -2.49. The van der Waals surface area contributed by atoms with Crippen LogP contribution in [0.5, 0.6) is 0 Å². The summed E-state index contributed by atoms with van der Waals surface area (Å²) in [6.45, 7) is 5.71. The quantitative estimate of drug-likeness (QED) is 0.912. The average molecular weight is 299 g/mol. The molecule has 0 bridgehead atoms. The van der Waals surface area contributed by atoms with Crippen LogP contribution < -0.4 is 5.56 Å². The fourth-order valence-electron chi connectivity index (χ4n) is 2.78. The summed E-state index contributed by atoms with van der Waals surface area (Å²) in [5.74, 6) is 0.261. The summed E-state index contributed by atoms with van der Waals surface area (Å²) >= 11 is 5.78. The van der Waals surface area contributed by atoms with Crippen molar-refractivity contribution in [1.29, 1.82) is 0 Å². The number of hydrogen-bond acceptors (Lipinski definition) is 2. The molecule has 0 unspecified atom stereocenters. The van der Waals surface area contributed by atoms with Crippen LogP contribution in [0, 0.1) is 11.3 Å².